The number of carbonyl (C=O) groups excluding carboxylic acids is 1. The van der Waals surface area contributed by atoms with E-state index < -0.39 is 0 Å². The molecular formula is C19H25N5O2. The minimum absolute atomic E-state index is 0.206. The maximum atomic E-state index is 12.4. The van der Waals surface area contributed by atoms with Crippen molar-refractivity contribution < 1.29 is 9.53 Å². The molecule has 0 spiro atoms. The van der Waals surface area contributed by atoms with Gasteiger partial charge in [-0.05, 0) is 26.3 Å². The maximum absolute atomic E-state index is 12.4. The number of methoxy groups -OCH3 is 1. The van der Waals surface area contributed by atoms with E-state index in [-0.39, 0.29) is 5.91 Å². The number of carbonyl (C=O) groups is 1. The van der Waals surface area contributed by atoms with Gasteiger partial charge in [-0.3, -0.25) is 9.48 Å². The Hall–Kier alpha value is -3.09. The van der Waals surface area contributed by atoms with Crippen molar-refractivity contribution in [2.75, 3.05) is 12.8 Å². The van der Waals surface area contributed by atoms with Gasteiger partial charge in [-0.25, -0.2) is 4.98 Å². The number of nitrogen functional groups attached to an aromatic ring is 1. The highest BCUT2D eigenvalue weighted by Crippen LogP contribution is 2.23. The minimum atomic E-state index is -0.206. The van der Waals surface area contributed by atoms with Crippen molar-refractivity contribution in [3.8, 4) is 5.75 Å². The summed E-state index contributed by atoms with van der Waals surface area (Å²) in [6.07, 6.45) is 9.30. The molecule has 1 amide bonds. The summed E-state index contributed by atoms with van der Waals surface area (Å²) in [6, 6.07) is 1.65. The highest BCUT2D eigenvalue weighted by molar-refractivity contribution is 5.93. The van der Waals surface area contributed by atoms with Crippen molar-refractivity contribution in [2.45, 2.75) is 33.9 Å². The Morgan fingerprint density at radius 3 is 2.85 bits per heavy atom. The van der Waals surface area contributed by atoms with Crippen molar-refractivity contribution in [1.29, 1.82) is 0 Å². The van der Waals surface area contributed by atoms with Crippen LogP contribution in [0.2, 0.25) is 0 Å². The van der Waals surface area contributed by atoms with E-state index in [2.05, 4.69) is 15.4 Å². The number of ether oxygens (including phenoxy) is 1. The lowest BCUT2D eigenvalue weighted by Gasteiger charge is -2.12. The predicted molar refractivity (Wildman–Crippen MR) is 102 cm³/mol. The van der Waals surface area contributed by atoms with E-state index in [0.717, 1.165) is 16.8 Å². The third kappa shape index (κ3) is 4.72. The molecule has 0 radical (unpaired) electrons. The Morgan fingerprint density at radius 2 is 2.19 bits per heavy atom. The molecule has 0 fully saturated rings. The normalized spacial score (nSPS) is 11.8. The average Bonchev–Trinajstić information content (AvgIpc) is 3.08. The number of aryl methyl sites for hydroxylation is 1. The zero-order chi connectivity index (χ0) is 19.1. The molecule has 0 bridgehead atoms. The van der Waals surface area contributed by atoms with E-state index in [1.807, 2.05) is 39.0 Å². The number of hydrogen-bond donors (Lipinski definition) is 2. The zero-order valence-corrected chi connectivity index (χ0v) is 15.6. The van der Waals surface area contributed by atoms with Crippen LogP contribution in [0, 0.1) is 6.92 Å². The number of pyridine rings is 1. The van der Waals surface area contributed by atoms with Crippen molar-refractivity contribution in [2.24, 2.45) is 0 Å². The van der Waals surface area contributed by atoms with Gasteiger partial charge in [0.1, 0.15) is 11.6 Å². The molecule has 0 saturated heterocycles. The molecular weight excluding hydrogens is 330 g/mol. The minimum Gasteiger partial charge on any atom is -0.496 e. The molecule has 2 rings (SSSR count). The van der Waals surface area contributed by atoms with Gasteiger partial charge in [0.2, 0.25) is 0 Å². The fraction of sp³-hybridized carbons (Fsp3) is 0.316. The molecule has 0 unspecified atom stereocenters. The van der Waals surface area contributed by atoms with Gasteiger partial charge in [0.25, 0.3) is 5.91 Å². The lowest BCUT2D eigenvalue weighted by Crippen LogP contribution is -2.23. The number of nitrogens with two attached hydrogens (primary N) is 1. The molecule has 0 atom stereocenters. The molecule has 138 valence electrons. The third-order valence-corrected chi connectivity index (χ3v) is 3.95. The van der Waals surface area contributed by atoms with Crippen molar-refractivity contribution >= 4 is 11.7 Å². The highest BCUT2D eigenvalue weighted by Gasteiger charge is 2.13. The number of aromatic nitrogens is 3. The molecule has 2 aromatic rings. The largest absolute Gasteiger partial charge is 0.496 e. The molecule has 2 aromatic heterocycles. The van der Waals surface area contributed by atoms with Gasteiger partial charge < -0.3 is 15.8 Å². The molecule has 0 aliphatic rings. The molecule has 0 aliphatic carbocycles. The third-order valence-electron chi connectivity index (χ3n) is 3.95. The maximum Gasteiger partial charge on any atom is 0.254 e. The highest BCUT2D eigenvalue weighted by atomic mass is 16.5. The monoisotopic (exact) mass is 355 g/mol. The van der Waals surface area contributed by atoms with Crippen LogP contribution < -0.4 is 15.8 Å². The first-order chi connectivity index (χ1) is 12.5. The summed E-state index contributed by atoms with van der Waals surface area (Å²) >= 11 is 0. The second-order valence-electron chi connectivity index (χ2n) is 5.79. The van der Waals surface area contributed by atoms with Crippen molar-refractivity contribution in [3.63, 3.8) is 0 Å². The van der Waals surface area contributed by atoms with Crippen LogP contribution in [-0.4, -0.2) is 27.8 Å². The van der Waals surface area contributed by atoms with Gasteiger partial charge in [-0.2, -0.15) is 5.10 Å². The Labute approximate surface area is 153 Å². The number of amides is 1. The summed E-state index contributed by atoms with van der Waals surface area (Å²) in [4.78, 5) is 16.6. The van der Waals surface area contributed by atoms with E-state index in [0.29, 0.717) is 30.2 Å². The van der Waals surface area contributed by atoms with Crippen LogP contribution in [0.15, 0.2) is 42.3 Å². The van der Waals surface area contributed by atoms with Crippen LogP contribution in [0.3, 0.4) is 0 Å². The van der Waals surface area contributed by atoms with Gasteiger partial charge in [-0.15, -0.1) is 0 Å². The Bertz CT molecular complexity index is 836. The first-order valence-corrected chi connectivity index (χ1v) is 8.37. The molecule has 7 heteroatoms. The standard InChI is InChI=1S/C19H25N5O2/c1-5-7-14(6-2)11-24-12-15(9-22-24)19(25)21-10-16-13(3)23-18(20)8-17(16)26-4/h5-9,12H,10-11H2,1-4H3,(H2,20,23)(H,21,25). The van der Waals surface area contributed by atoms with Crippen LogP contribution >= 0.6 is 0 Å². The topological polar surface area (TPSA) is 95.1 Å². The number of nitrogens with one attached hydrogen (secondary N) is 1. The van der Waals surface area contributed by atoms with Crippen LogP contribution in [0.25, 0.3) is 0 Å². The van der Waals surface area contributed by atoms with Gasteiger partial charge in [0, 0.05) is 30.1 Å². The average molecular weight is 355 g/mol. The molecule has 0 aliphatic heterocycles. The number of allylic oxidation sites excluding steroid dienone is 4. The summed E-state index contributed by atoms with van der Waals surface area (Å²) in [5, 5.41) is 7.13. The quantitative estimate of drug-likeness (QED) is 0.745. The van der Waals surface area contributed by atoms with Crippen LogP contribution in [0.4, 0.5) is 5.82 Å². The van der Waals surface area contributed by atoms with E-state index in [1.165, 1.54) is 0 Å². The van der Waals surface area contributed by atoms with E-state index in [9.17, 15) is 4.79 Å². The smallest absolute Gasteiger partial charge is 0.254 e. The first kappa shape index (κ1) is 19.2. The molecule has 2 heterocycles. The van der Waals surface area contributed by atoms with Gasteiger partial charge in [0.05, 0.1) is 25.4 Å². The lowest BCUT2D eigenvalue weighted by molar-refractivity contribution is 0.0950. The van der Waals surface area contributed by atoms with Crippen LogP contribution in [0.1, 0.15) is 35.5 Å². The number of nitrogens with zero attached hydrogens (tertiary/aromatic N) is 3. The first-order valence-electron chi connectivity index (χ1n) is 8.37. The fourth-order valence-electron chi connectivity index (χ4n) is 2.57. The van der Waals surface area contributed by atoms with Gasteiger partial charge in [-0.1, -0.05) is 18.2 Å². The number of hydrogen-bond acceptors (Lipinski definition) is 5. The van der Waals surface area contributed by atoms with Crippen molar-refractivity contribution in [3.05, 3.63) is 59.1 Å². The predicted octanol–water partition coefficient (Wildman–Crippen LogP) is 2.63. The summed E-state index contributed by atoms with van der Waals surface area (Å²) in [5.41, 5.74) is 8.87. The SMILES string of the molecule is CC=CC(=CC)Cn1cc(C(=O)NCc2c(OC)cc(N)nc2C)cn1. The van der Waals surface area contributed by atoms with E-state index >= 15 is 0 Å². The fourth-order valence-corrected chi connectivity index (χ4v) is 2.57. The summed E-state index contributed by atoms with van der Waals surface area (Å²) in [7, 11) is 1.56. The van der Waals surface area contributed by atoms with Crippen LogP contribution in [-0.2, 0) is 13.1 Å². The molecule has 7 nitrogen and oxygen atoms in total. The van der Waals surface area contributed by atoms with Crippen molar-refractivity contribution in [1.82, 2.24) is 20.1 Å². The van der Waals surface area contributed by atoms with Gasteiger partial charge >= 0.3 is 0 Å². The molecule has 0 aromatic carbocycles. The van der Waals surface area contributed by atoms with Crippen LogP contribution in [0.5, 0.6) is 5.75 Å². The summed E-state index contributed by atoms with van der Waals surface area (Å²) < 4.78 is 7.06. The molecule has 26 heavy (non-hydrogen) atoms. The Kier molecular flexibility index (Phi) is 6.54. The van der Waals surface area contributed by atoms with Gasteiger partial charge in [0.15, 0.2) is 0 Å². The summed E-state index contributed by atoms with van der Waals surface area (Å²) in [5.74, 6) is 0.786. The van der Waals surface area contributed by atoms with E-state index in [1.54, 1.807) is 30.3 Å². The molecule has 3 N–H and O–H groups in total. The zero-order valence-electron chi connectivity index (χ0n) is 15.6. The summed E-state index contributed by atoms with van der Waals surface area (Å²) in [6.45, 7) is 6.68. The van der Waals surface area contributed by atoms with E-state index in [4.69, 9.17) is 10.5 Å². The molecule has 0 saturated carbocycles. The Balaban J connectivity index is 2.06. The lowest BCUT2D eigenvalue weighted by atomic mass is 10.1. The number of rotatable bonds is 7. The Morgan fingerprint density at radius 1 is 1.42 bits per heavy atom. The second-order valence-corrected chi connectivity index (χ2v) is 5.79. The second kappa shape index (κ2) is 8.84. The number of anilines is 1.